The zero-order valence-corrected chi connectivity index (χ0v) is 12.7. The third-order valence-electron chi connectivity index (χ3n) is 3.24. The van der Waals surface area contributed by atoms with Crippen LogP contribution in [0.25, 0.3) is 0 Å². The largest absolute Gasteiger partial charge is 0.315 e. The number of aryl methyl sites for hydroxylation is 1. The van der Waals surface area contributed by atoms with Crippen molar-refractivity contribution < 1.29 is 8.42 Å². The Labute approximate surface area is 121 Å². The maximum Gasteiger partial charge on any atom is 0.240 e. The van der Waals surface area contributed by atoms with Crippen molar-refractivity contribution in [1.29, 1.82) is 0 Å². The Bertz CT molecular complexity index is 499. The van der Waals surface area contributed by atoms with Gasteiger partial charge in [-0.2, -0.15) is 0 Å². The van der Waals surface area contributed by atoms with Crippen molar-refractivity contribution in [3.05, 3.63) is 29.8 Å². The van der Waals surface area contributed by atoms with Crippen molar-refractivity contribution in [3.8, 4) is 0 Å². The molecule has 1 aliphatic rings. The molecule has 0 spiro atoms. The molecule has 0 saturated carbocycles. The predicted molar refractivity (Wildman–Crippen MR) is 79.3 cm³/mol. The zero-order valence-electron chi connectivity index (χ0n) is 11.1. The number of benzene rings is 1. The van der Waals surface area contributed by atoms with E-state index in [0.29, 0.717) is 11.4 Å². The monoisotopic (exact) mass is 304 g/mol. The SMILES string of the molecule is CCc1cccc(S(=O)(=O)NC2CCCNC2)c1.Cl. The number of rotatable bonds is 4. The summed E-state index contributed by atoms with van der Waals surface area (Å²) < 4.78 is 27.2. The Morgan fingerprint density at radius 1 is 1.42 bits per heavy atom. The lowest BCUT2D eigenvalue weighted by Gasteiger charge is -2.23. The summed E-state index contributed by atoms with van der Waals surface area (Å²) in [6.45, 7) is 3.71. The van der Waals surface area contributed by atoms with E-state index in [1.807, 2.05) is 13.0 Å². The van der Waals surface area contributed by atoms with Crippen LogP contribution < -0.4 is 10.0 Å². The van der Waals surface area contributed by atoms with E-state index in [2.05, 4.69) is 10.0 Å². The topological polar surface area (TPSA) is 58.2 Å². The minimum Gasteiger partial charge on any atom is -0.315 e. The molecule has 1 atom stereocenters. The number of hydrogen-bond acceptors (Lipinski definition) is 3. The molecule has 0 bridgehead atoms. The van der Waals surface area contributed by atoms with Gasteiger partial charge < -0.3 is 5.32 Å². The molecule has 1 aromatic carbocycles. The molecule has 0 aliphatic carbocycles. The van der Waals surface area contributed by atoms with Gasteiger partial charge in [-0.15, -0.1) is 12.4 Å². The highest BCUT2D eigenvalue weighted by atomic mass is 35.5. The molecular formula is C13H21ClN2O2S. The van der Waals surface area contributed by atoms with Crippen LogP contribution in [-0.2, 0) is 16.4 Å². The Kier molecular flexibility index (Phi) is 6.26. The van der Waals surface area contributed by atoms with Crippen LogP contribution in [0.5, 0.6) is 0 Å². The van der Waals surface area contributed by atoms with Crippen molar-refractivity contribution in [3.63, 3.8) is 0 Å². The van der Waals surface area contributed by atoms with Crippen LogP contribution in [0.4, 0.5) is 0 Å². The molecule has 1 unspecified atom stereocenters. The van der Waals surface area contributed by atoms with Gasteiger partial charge in [-0.05, 0) is 43.5 Å². The summed E-state index contributed by atoms with van der Waals surface area (Å²) >= 11 is 0. The third-order valence-corrected chi connectivity index (χ3v) is 4.75. The molecule has 108 valence electrons. The second kappa shape index (κ2) is 7.24. The number of halogens is 1. The van der Waals surface area contributed by atoms with E-state index >= 15 is 0 Å². The van der Waals surface area contributed by atoms with Gasteiger partial charge in [0.25, 0.3) is 0 Å². The van der Waals surface area contributed by atoms with E-state index in [9.17, 15) is 8.42 Å². The van der Waals surface area contributed by atoms with E-state index in [4.69, 9.17) is 0 Å². The Morgan fingerprint density at radius 3 is 2.84 bits per heavy atom. The summed E-state index contributed by atoms with van der Waals surface area (Å²) in [5, 5.41) is 3.20. The van der Waals surface area contributed by atoms with Crippen molar-refractivity contribution in [2.45, 2.75) is 37.1 Å². The number of nitrogens with one attached hydrogen (secondary N) is 2. The molecule has 6 heteroatoms. The van der Waals surface area contributed by atoms with Gasteiger partial charge in [0.15, 0.2) is 0 Å². The number of piperidine rings is 1. The van der Waals surface area contributed by atoms with Gasteiger partial charge in [-0.1, -0.05) is 19.1 Å². The molecule has 1 saturated heterocycles. The Balaban J connectivity index is 0.00000180. The van der Waals surface area contributed by atoms with Gasteiger partial charge in [0, 0.05) is 12.6 Å². The molecule has 4 nitrogen and oxygen atoms in total. The van der Waals surface area contributed by atoms with E-state index in [0.717, 1.165) is 31.4 Å². The molecule has 0 aromatic heterocycles. The van der Waals surface area contributed by atoms with Crippen LogP contribution in [0.2, 0.25) is 0 Å². The lowest BCUT2D eigenvalue weighted by atomic mass is 10.1. The van der Waals surface area contributed by atoms with Gasteiger partial charge in [0.2, 0.25) is 10.0 Å². The summed E-state index contributed by atoms with van der Waals surface area (Å²) in [4.78, 5) is 0.368. The fourth-order valence-electron chi connectivity index (χ4n) is 2.17. The van der Waals surface area contributed by atoms with Crippen molar-refractivity contribution in [1.82, 2.24) is 10.0 Å². The molecule has 1 aliphatic heterocycles. The van der Waals surface area contributed by atoms with Crippen molar-refractivity contribution in [2.24, 2.45) is 0 Å². The highest BCUT2D eigenvalue weighted by Crippen LogP contribution is 2.14. The predicted octanol–water partition coefficient (Wildman–Crippen LogP) is 1.70. The average molecular weight is 305 g/mol. The second-order valence-corrected chi connectivity index (χ2v) is 6.38. The van der Waals surface area contributed by atoms with Gasteiger partial charge in [-0.3, -0.25) is 0 Å². The molecule has 0 amide bonds. The summed E-state index contributed by atoms with van der Waals surface area (Å²) in [6, 6.07) is 7.15. The third kappa shape index (κ3) is 4.45. The van der Waals surface area contributed by atoms with Gasteiger partial charge in [0.1, 0.15) is 0 Å². The van der Waals surface area contributed by atoms with Crippen LogP contribution in [0.3, 0.4) is 0 Å². The minimum absolute atomic E-state index is 0. The minimum atomic E-state index is -3.38. The van der Waals surface area contributed by atoms with E-state index < -0.39 is 10.0 Å². The van der Waals surface area contributed by atoms with Gasteiger partial charge >= 0.3 is 0 Å². The summed E-state index contributed by atoms with van der Waals surface area (Å²) in [5.41, 5.74) is 1.04. The van der Waals surface area contributed by atoms with Crippen LogP contribution in [-0.4, -0.2) is 27.5 Å². The van der Waals surface area contributed by atoms with Gasteiger partial charge in [0.05, 0.1) is 4.90 Å². The van der Waals surface area contributed by atoms with Crippen molar-refractivity contribution >= 4 is 22.4 Å². The lowest BCUT2D eigenvalue weighted by molar-refractivity contribution is 0.428. The first-order chi connectivity index (χ1) is 8.62. The first-order valence-corrected chi connectivity index (χ1v) is 7.92. The lowest BCUT2D eigenvalue weighted by Crippen LogP contribution is -2.45. The normalized spacial score (nSPS) is 19.7. The molecule has 0 radical (unpaired) electrons. The molecule has 2 rings (SSSR count). The summed E-state index contributed by atoms with van der Waals surface area (Å²) in [7, 11) is -3.38. The molecular weight excluding hydrogens is 284 g/mol. The smallest absolute Gasteiger partial charge is 0.240 e. The maximum absolute atomic E-state index is 12.2. The molecule has 2 N–H and O–H groups in total. The first kappa shape index (κ1) is 16.4. The van der Waals surface area contributed by atoms with Crippen LogP contribution in [0.1, 0.15) is 25.3 Å². The standard InChI is InChI=1S/C13H20N2O2S.ClH/c1-2-11-5-3-7-13(9-11)18(16,17)15-12-6-4-8-14-10-12;/h3,5,7,9,12,14-15H,2,4,6,8,10H2,1H3;1H. The molecule has 1 aromatic rings. The molecule has 1 fully saturated rings. The van der Waals surface area contributed by atoms with Crippen molar-refractivity contribution in [2.75, 3.05) is 13.1 Å². The fourth-order valence-corrected chi connectivity index (χ4v) is 3.51. The summed E-state index contributed by atoms with van der Waals surface area (Å²) in [5.74, 6) is 0. The van der Waals surface area contributed by atoms with Gasteiger partial charge in [-0.25, -0.2) is 13.1 Å². The van der Waals surface area contributed by atoms with E-state index in [1.54, 1.807) is 18.2 Å². The average Bonchev–Trinajstić information content (AvgIpc) is 2.39. The van der Waals surface area contributed by atoms with E-state index in [1.165, 1.54) is 0 Å². The second-order valence-electron chi connectivity index (χ2n) is 4.67. The van der Waals surface area contributed by atoms with Crippen LogP contribution in [0, 0.1) is 0 Å². The highest BCUT2D eigenvalue weighted by molar-refractivity contribution is 7.89. The zero-order chi connectivity index (χ0) is 13.0. The summed E-state index contributed by atoms with van der Waals surface area (Å²) in [6.07, 6.45) is 2.76. The molecule has 1 heterocycles. The van der Waals surface area contributed by atoms with Crippen LogP contribution >= 0.6 is 12.4 Å². The number of hydrogen-bond donors (Lipinski definition) is 2. The fraction of sp³-hybridized carbons (Fsp3) is 0.538. The Morgan fingerprint density at radius 2 is 2.21 bits per heavy atom. The quantitative estimate of drug-likeness (QED) is 0.890. The highest BCUT2D eigenvalue weighted by Gasteiger charge is 2.21. The number of sulfonamides is 1. The first-order valence-electron chi connectivity index (χ1n) is 6.44. The van der Waals surface area contributed by atoms with E-state index in [-0.39, 0.29) is 18.4 Å². The Hall–Kier alpha value is -0.620. The van der Waals surface area contributed by atoms with Crippen LogP contribution in [0.15, 0.2) is 29.2 Å². The molecule has 19 heavy (non-hydrogen) atoms. The maximum atomic E-state index is 12.2.